The number of ether oxygens (including phenoxy) is 1. The third-order valence-electron chi connectivity index (χ3n) is 5.44. The van der Waals surface area contributed by atoms with E-state index in [1.807, 2.05) is 66.4 Å². The fourth-order valence-corrected chi connectivity index (χ4v) is 3.77. The van der Waals surface area contributed by atoms with Crippen LogP contribution in [-0.2, 0) is 6.54 Å². The average molecular weight is 418 g/mol. The number of nitrogens with zero attached hydrogens (tertiary/aromatic N) is 4. The minimum absolute atomic E-state index is 0.0652. The predicted octanol–water partition coefficient (Wildman–Crippen LogP) is 2.91. The highest BCUT2D eigenvalue weighted by molar-refractivity contribution is 5.99. The van der Waals surface area contributed by atoms with Crippen LogP contribution in [0.15, 0.2) is 67.1 Å². The van der Waals surface area contributed by atoms with Crippen molar-refractivity contribution in [3.8, 4) is 5.75 Å². The lowest BCUT2D eigenvalue weighted by Gasteiger charge is -2.25. The van der Waals surface area contributed by atoms with E-state index in [1.54, 1.807) is 6.20 Å². The number of benzene rings is 2. The van der Waals surface area contributed by atoms with Gasteiger partial charge in [0, 0.05) is 45.0 Å². The molecule has 7 heteroatoms. The van der Waals surface area contributed by atoms with Gasteiger partial charge in [0.2, 0.25) is 0 Å². The summed E-state index contributed by atoms with van der Waals surface area (Å²) >= 11 is 0. The SMILES string of the molecule is CNCC(Oc1ccccc1CN1CCN(C)c2ncncc2C1=O)c1ccccc1. The Morgan fingerprint density at radius 2 is 1.87 bits per heavy atom. The van der Waals surface area contributed by atoms with Gasteiger partial charge in [0.25, 0.3) is 5.91 Å². The van der Waals surface area contributed by atoms with E-state index in [0.29, 0.717) is 37.6 Å². The van der Waals surface area contributed by atoms with Gasteiger partial charge < -0.3 is 19.9 Å². The highest BCUT2D eigenvalue weighted by atomic mass is 16.5. The molecule has 0 saturated heterocycles. The smallest absolute Gasteiger partial charge is 0.259 e. The van der Waals surface area contributed by atoms with Crippen LogP contribution in [0, 0.1) is 0 Å². The zero-order valence-electron chi connectivity index (χ0n) is 17.9. The van der Waals surface area contributed by atoms with Gasteiger partial charge in [-0.1, -0.05) is 48.5 Å². The molecule has 1 aliphatic rings. The summed E-state index contributed by atoms with van der Waals surface area (Å²) in [7, 11) is 3.86. The molecule has 0 radical (unpaired) electrons. The summed E-state index contributed by atoms with van der Waals surface area (Å²) < 4.78 is 6.44. The van der Waals surface area contributed by atoms with E-state index < -0.39 is 0 Å². The molecule has 1 unspecified atom stereocenters. The quantitative estimate of drug-likeness (QED) is 0.637. The van der Waals surface area contributed by atoms with Crippen molar-refractivity contribution in [3.05, 3.63) is 83.8 Å². The minimum Gasteiger partial charge on any atom is -0.484 e. The number of nitrogens with one attached hydrogen (secondary N) is 1. The van der Waals surface area contributed by atoms with Crippen LogP contribution in [0.4, 0.5) is 5.82 Å². The second kappa shape index (κ2) is 9.57. The van der Waals surface area contributed by atoms with Crippen LogP contribution in [-0.4, -0.2) is 54.5 Å². The number of hydrogen-bond donors (Lipinski definition) is 1. The Labute approximate surface area is 182 Å². The molecule has 31 heavy (non-hydrogen) atoms. The third-order valence-corrected chi connectivity index (χ3v) is 5.44. The number of aromatic nitrogens is 2. The van der Waals surface area contributed by atoms with Crippen LogP contribution in [0.2, 0.25) is 0 Å². The summed E-state index contributed by atoms with van der Waals surface area (Å²) in [6.07, 6.45) is 2.94. The van der Waals surface area contributed by atoms with Gasteiger partial charge in [-0.25, -0.2) is 9.97 Å². The van der Waals surface area contributed by atoms with E-state index in [-0.39, 0.29) is 12.0 Å². The van der Waals surface area contributed by atoms with Crippen molar-refractivity contribution in [2.45, 2.75) is 12.6 Å². The number of rotatable bonds is 7. The molecule has 0 saturated carbocycles. The van der Waals surface area contributed by atoms with Crippen LogP contribution in [0.3, 0.4) is 0 Å². The summed E-state index contributed by atoms with van der Waals surface area (Å²) in [5.74, 6) is 1.39. The van der Waals surface area contributed by atoms with Gasteiger partial charge in [0.05, 0.1) is 0 Å². The molecule has 2 aromatic carbocycles. The van der Waals surface area contributed by atoms with E-state index in [2.05, 4.69) is 27.4 Å². The largest absolute Gasteiger partial charge is 0.484 e. The first-order valence-corrected chi connectivity index (χ1v) is 10.4. The van der Waals surface area contributed by atoms with Crippen LogP contribution >= 0.6 is 0 Å². The first kappa shape index (κ1) is 20.8. The Morgan fingerprint density at radius 3 is 2.68 bits per heavy atom. The summed E-state index contributed by atoms with van der Waals surface area (Å²) in [6.45, 7) is 2.43. The molecule has 0 bridgehead atoms. The Kier molecular flexibility index (Phi) is 6.43. The standard InChI is InChI=1S/C24H27N5O2/c1-25-15-22(18-8-4-3-5-9-18)31-21-11-7-6-10-19(21)16-29-13-12-28(2)23-20(24(29)30)14-26-17-27-23/h3-11,14,17,22,25H,12-13,15-16H2,1-2H3. The van der Waals surface area contributed by atoms with Crippen LogP contribution < -0.4 is 15.0 Å². The van der Waals surface area contributed by atoms with Crippen LogP contribution in [0.5, 0.6) is 5.75 Å². The summed E-state index contributed by atoms with van der Waals surface area (Å²) in [5.41, 5.74) is 2.60. The third kappa shape index (κ3) is 4.67. The van der Waals surface area contributed by atoms with Crippen molar-refractivity contribution in [2.24, 2.45) is 0 Å². The Morgan fingerprint density at radius 1 is 1.10 bits per heavy atom. The fourth-order valence-electron chi connectivity index (χ4n) is 3.77. The molecule has 1 atom stereocenters. The van der Waals surface area contributed by atoms with Gasteiger partial charge in [0.15, 0.2) is 0 Å². The molecule has 1 N–H and O–H groups in total. The number of anilines is 1. The molecular formula is C24H27N5O2. The van der Waals surface area contributed by atoms with Crippen molar-refractivity contribution >= 4 is 11.7 Å². The Balaban J connectivity index is 1.58. The van der Waals surface area contributed by atoms with E-state index in [9.17, 15) is 4.79 Å². The second-order valence-corrected chi connectivity index (χ2v) is 7.59. The summed E-state index contributed by atoms with van der Waals surface area (Å²) in [6, 6.07) is 18.1. The molecule has 1 aliphatic heterocycles. The molecule has 1 amide bonds. The molecule has 3 aromatic rings. The van der Waals surface area contributed by atoms with Gasteiger partial charge in [-0.2, -0.15) is 0 Å². The Bertz CT molecular complexity index is 1030. The van der Waals surface area contributed by atoms with Gasteiger partial charge >= 0.3 is 0 Å². The van der Waals surface area contributed by atoms with Crippen LogP contribution in [0.1, 0.15) is 27.6 Å². The predicted molar refractivity (Wildman–Crippen MR) is 120 cm³/mol. The molecule has 160 valence electrons. The van der Waals surface area contributed by atoms with Crippen molar-refractivity contribution in [2.75, 3.05) is 38.6 Å². The van der Waals surface area contributed by atoms with Gasteiger partial charge in [-0.3, -0.25) is 4.79 Å². The number of fused-ring (bicyclic) bond motifs is 1. The van der Waals surface area contributed by atoms with Gasteiger partial charge in [-0.15, -0.1) is 0 Å². The van der Waals surface area contributed by atoms with Crippen molar-refractivity contribution < 1.29 is 9.53 Å². The molecule has 0 spiro atoms. The zero-order valence-corrected chi connectivity index (χ0v) is 17.9. The maximum Gasteiger partial charge on any atom is 0.259 e. The van der Waals surface area contributed by atoms with Gasteiger partial charge in [-0.05, 0) is 18.7 Å². The summed E-state index contributed by atoms with van der Waals surface area (Å²) in [4.78, 5) is 25.4. The molecular weight excluding hydrogens is 390 g/mol. The number of hydrogen-bond acceptors (Lipinski definition) is 6. The number of likely N-dealkylation sites (N-methyl/N-ethyl adjacent to an activating group) is 2. The maximum absolute atomic E-state index is 13.2. The lowest BCUT2D eigenvalue weighted by atomic mass is 10.1. The minimum atomic E-state index is -0.132. The fraction of sp³-hybridized carbons (Fsp3) is 0.292. The van der Waals surface area contributed by atoms with Crippen molar-refractivity contribution in [3.63, 3.8) is 0 Å². The van der Waals surface area contributed by atoms with E-state index in [0.717, 1.165) is 16.9 Å². The first-order chi connectivity index (χ1) is 15.2. The molecule has 2 heterocycles. The number of amides is 1. The lowest BCUT2D eigenvalue weighted by molar-refractivity contribution is 0.0752. The molecule has 0 aliphatic carbocycles. The highest BCUT2D eigenvalue weighted by Crippen LogP contribution is 2.28. The molecule has 4 rings (SSSR count). The van der Waals surface area contributed by atoms with Crippen LogP contribution in [0.25, 0.3) is 0 Å². The van der Waals surface area contributed by atoms with Crippen molar-refractivity contribution in [1.29, 1.82) is 0 Å². The zero-order chi connectivity index (χ0) is 21.6. The van der Waals surface area contributed by atoms with E-state index in [1.165, 1.54) is 6.33 Å². The summed E-state index contributed by atoms with van der Waals surface area (Å²) in [5, 5.41) is 3.21. The van der Waals surface area contributed by atoms with E-state index >= 15 is 0 Å². The molecule has 0 fully saturated rings. The Hall–Kier alpha value is -3.45. The number of para-hydroxylation sites is 1. The molecule has 1 aromatic heterocycles. The van der Waals surface area contributed by atoms with Gasteiger partial charge in [0.1, 0.15) is 29.6 Å². The second-order valence-electron chi connectivity index (χ2n) is 7.59. The highest BCUT2D eigenvalue weighted by Gasteiger charge is 2.27. The monoisotopic (exact) mass is 417 g/mol. The van der Waals surface area contributed by atoms with E-state index in [4.69, 9.17) is 4.74 Å². The number of carbonyl (C=O) groups is 1. The van der Waals surface area contributed by atoms with Crippen molar-refractivity contribution in [1.82, 2.24) is 20.2 Å². The maximum atomic E-state index is 13.2. The lowest BCUT2D eigenvalue weighted by Crippen LogP contribution is -2.33. The normalized spacial score (nSPS) is 14.7. The number of carbonyl (C=O) groups excluding carboxylic acids is 1. The first-order valence-electron chi connectivity index (χ1n) is 10.4. The molecule has 7 nitrogen and oxygen atoms in total. The topological polar surface area (TPSA) is 70.6 Å². The average Bonchev–Trinajstić information content (AvgIpc) is 2.93.